The van der Waals surface area contributed by atoms with Gasteiger partial charge in [0.05, 0.1) is 0 Å². The minimum Gasteiger partial charge on any atom is -0.353 e. The Balaban J connectivity index is 1.58. The van der Waals surface area contributed by atoms with Crippen molar-refractivity contribution in [2.45, 2.75) is 154 Å². The zero-order valence-electron chi connectivity index (χ0n) is 22.0. The van der Waals surface area contributed by atoms with Gasteiger partial charge in [0.25, 0.3) is 0 Å². The van der Waals surface area contributed by atoms with Crippen molar-refractivity contribution in [2.75, 3.05) is 0 Å². The molecule has 2 aliphatic rings. The fraction of sp³-hybridized carbons (Fsp3) is 0.923. The molecule has 0 bridgehead atoms. The van der Waals surface area contributed by atoms with Crippen molar-refractivity contribution in [1.82, 2.24) is 21.3 Å². The molecular weight excluding hydrogens is 400 g/mol. The summed E-state index contributed by atoms with van der Waals surface area (Å²) < 4.78 is 0. The minimum absolute atomic E-state index is 0.0416. The van der Waals surface area contributed by atoms with Crippen molar-refractivity contribution in [1.29, 1.82) is 0 Å². The van der Waals surface area contributed by atoms with Gasteiger partial charge in [-0.15, -0.1) is 0 Å². The molecule has 186 valence electrons. The molecule has 4 N–H and O–H groups in total. The molecule has 2 rings (SSSR count). The Morgan fingerprint density at radius 1 is 0.594 bits per heavy atom. The third kappa shape index (κ3) is 9.78. The Morgan fingerprint density at radius 3 is 1.16 bits per heavy atom. The largest absolute Gasteiger partial charge is 0.353 e. The van der Waals surface area contributed by atoms with E-state index in [1.807, 2.05) is 0 Å². The van der Waals surface area contributed by atoms with E-state index < -0.39 is 0 Å². The predicted octanol–water partition coefficient (Wildman–Crippen LogP) is 4.18. The van der Waals surface area contributed by atoms with Gasteiger partial charge < -0.3 is 21.3 Å². The molecule has 0 aliphatic carbocycles. The number of piperidine rings is 2. The minimum atomic E-state index is 0.0416. The second-order valence-corrected chi connectivity index (χ2v) is 13.0. The van der Waals surface area contributed by atoms with Gasteiger partial charge in [0.2, 0.25) is 11.8 Å². The quantitative estimate of drug-likeness (QED) is 0.397. The third-order valence-corrected chi connectivity index (χ3v) is 6.67. The smallest absolute Gasteiger partial charge is 0.220 e. The molecule has 0 unspecified atom stereocenters. The molecular formula is C26H50N4O2. The molecule has 2 fully saturated rings. The maximum atomic E-state index is 12.4. The van der Waals surface area contributed by atoms with Gasteiger partial charge in [0, 0.05) is 47.1 Å². The van der Waals surface area contributed by atoms with Crippen LogP contribution in [0.15, 0.2) is 0 Å². The van der Waals surface area contributed by atoms with Crippen molar-refractivity contribution >= 4 is 11.8 Å². The van der Waals surface area contributed by atoms with Crippen LogP contribution in [0.2, 0.25) is 0 Å². The Labute approximate surface area is 196 Å². The number of rotatable bonds is 9. The van der Waals surface area contributed by atoms with Crippen LogP contribution in [-0.2, 0) is 9.59 Å². The Bertz CT molecular complexity index is 566. The van der Waals surface area contributed by atoms with Crippen LogP contribution in [0.4, 0.5) is 0 Å². The number of amides is 2. The van der Waals surface area contributed by atoms with Gasteiger partial charge in [-0.25, -0.2) is 0 Å². The van der Waals surface area contributed by atoms with Crippen LogP contribution in [0.3, 0.4) is 0 Å². The average molecular weight is 451 g/mol. The molecule has 2 heterocycles. The molecule has 32 heavy (non-hydrogen) atoms. The van der Waals surface area contributed by atoms with Crippen LogP contribution in [0.1, 0.15) is 120 Å². The standard InChI is InChI=1S/C26H50N4O2/c1-23(2)15-19(16-24(3,4)29-23)27-21(31)13-11-9-10-12-14-22(32)28-20-17-25(5,6)30-26(7,8)18-20/h19-20,29-30H,9-18H2,1-8H3,(H,27,31)(H,28,32). The zero-order chi connectivity index (χ0) is 24.2. The van der Waals surface area contributed by atoms with Crippen molar-refractivity contribution < 1.29 is 9.59 Å². The topological polar surface area (TPSA) is 82.3 Å². The van der Waals surface area contributed by atoms with E-state index in [0.29, 0.717) is 12.8 Å². The highest BCUT2D eigenvalue weighted by molar-refractivity contribution is 5.76. The summed E-state index contributed by atoms with van der Waals surface area (Å²) in [5.41, 5.74) is 0.166. The van der Waals surface area contributed by atoms with E-state index in [2.05, 4.69) is 76.7 Å². The number of nitrogens with one attached hydrogen (secondary N) is 4. The Kier molecular flexibility index (Phi) is 8.82. The van der Waals surface area contributed by atoms with Crippen LogP contribution < -0.4 is 21.3 Å². The molecule has 2 saturated heterocycles. The maximum absolute atomic E-state index is 12.4. The van der Waals surface area contributed by atoms with Gasteiger partial charge in [0.15, 0.2) is 0 Å². The monoisotopic (exact) mass is 450 g/mol. The molecule has 0 aromatic rings. The second kappa shape index (κ2) is 10.4. The average Bonchev–Trinajstić information content (AvgIpc) is 2.51. The van der Waals surface area contributed by atoms with E-state index in [9.17, 15) is 9.59 Å². The number of carbonyl (C=O) groups excluding carboxylic acids is 2. The molecule has 0 spiro atoms. The first-order valence-electron chi connectivity index (χ1n) is 12.7. The molecule has 0 radical (unpaired) electrons. The molecule has 2 aliphatic heterocycles. The van der Waals surface area contributed by atoms with Crippen molar-refractivity contribution in [3.63, 3.8) is 0 Å². The molecule has 0 atom stereocenters. The van der Waals surface area contributed by atoms with Crippen molar-refractivity contribution in [3.8, 4) is 0 Å². The van der Waals surface area contributed by atoms with Crippen molar-refractivity contribution in [3.05, 3.63) is 0 Å². The highest BCUT2D eigenvalue weighted by Gasteiger charge is 2.39. The number of hydrogen-bond acceptors (Lipinski definition) is 4. The number of carbonyl (C=O) groups is 2. The van der Waals surface area contributed by atoms with Crippen LogP contribution in [0.25, 0.3) is 0 Å². The number of hydrogen-bond donors (Lipinski definition) is 4. The van der Waals surface area contributed by atoms with Crippen LogP contribution in [0.5, 0.6) is 0 Å². The highest BCUT2D eigenvalue weighted by Crippen LogP contribution is 2.29. The maximum Gasteiger partial charge on any atom is 0.220 e. The highest BCUT2D eigenvalue weighted by atomic mass is 16.2. The second-order valence-electron chi connectivity index (χ2n) is 13.0. The predicted molar refractivity (Wildman–Crippen MR) is 133 cm³/mol. The van der Waals surface area contributed by atoms with Crippen LogP contribution >= 0.6 is 0 Å². The lowest BCUT2D eigenvalue weighted by Crippen LogP contribution is -2.62. The lowest BCUT2D eigenvalue weighted by atomic mass is 9.79. The lowest BCUT2D eigenvalue weighted by Gasteiger charge is -2.46. The van der Waals surface area contributed by atoms with Gasteiger partial charge in [-0.3, -0.25) is 9.59 Å². The molecule has 0 saturated carbocycles. The molecule has 6 nitrogen and oxygen atoms in total. The first-order chi connectivity index (χ1) is 14.6. The van der Waals surface area contributed by atoms with Crippen LogP contribution in [-0.4, -0.2) is 46.1 Å². The van der Waals surface area contributed by atoms with E-state index in [4.69, 9.17) is 0 Å². The summed E-state index contributed by atoms with van der Waals surface area (Å²) in [4.78, 5) is 24.8. The van der Waals surface area contributed by atoms with E-state index in [0.717, 1.165) is 51.4 Å². The SMILES string of the molecule is CC1(C)CC(NC(=O)CCCCCCC(=O)NC2CC(C)(C)NC(C)(C)C2)CC(C)(C)N1. The number of unbranched alkanes of at least 4 members (excludes halogenated alkanes) is 3. The Morgan fingerprint density at radius 2 is 0.875 bits per heavy atom. The summed E-state index contributed by atoms with van der Waals surface area (Å²) >= 11 is 0. The van der Waals surface area contributed by atoms with Gasteiger partial charge >= 0.3 is 0 Å². The summed E-state index contributed by atoms with van der Waals surface area (Å²) in [6, 6.07) is 0.477. The first-order valence-corrected chi connectivity index (χ1v) is 12.7. The normalized spacial score (nSPS) is 24.6. The van der Waals surface area contributed by atoms with E-state index >= 15 is 0 Å². The molecule has 2 amide bonds. The zero-order valence-corrected chi connectivity index (χ0v) is 22.0. The summed E-state index contributed by atoms with van der Waals surface area (Å²) in [6.45, 7) is 17.6. The fourth-order valence-corrected chi connectivity index (χ4v) is 6.37. The van der Waals surface area contributed by atoms with E-state index in [1.54, 1.807) is 0 Å². The van der Waals surface area contributed by atoms with E-state index in [-0.39, 0.29) is 46.1 Å². The van der Waals surface area contributed by atoms with Gasteiger partial charge in [0.1, 0.15) is 0 Å². The third-order valence-electron chi connectivity index (χ3n) is 6.67. The Hall–Kier alpha value is -1.14. The first kappa shape index (κ1) is 27.1. The lowest BCUT2D eigenvalue weighted by molar-refractivity contribution is -0.123. The molecule has 0 aromatic carbocycles. The van der Waals surface area contributed by atoms with Gasteiger partial charge in [-0.05, 0) is 93.9 Å². The van der Waals surface area contributed by atoms with E-state index in [1.165, 1.54) is 0 Å². The van der Waals surface area contributed by atoms with Crippen molar-refractivity contribution in [2.24, 2.45) is 0 Å². The van der Waals surface area contributed by atoms with Crippen LogP contribution in [0, 0.1) is 0 Å². The molecule has 6 heteroatoms. The van der Waals surface area contributed by atoms with Gasteiger partial charge in [-0.2, -0.15) is 0 Å². The summed E-state index contributed by atoms with van der Waals surface area (Å²) in [5.74, 6) is 0.328. The van der Waals surface area contributed by atoms with Gasteiger partial charge in [-0.1, -0.05) is 12.8 Å². The summed E-state index contributed by atoms with van der Waals surface area (Å²) in [6.07, 6.45) is 8.78. The fourth-order valence-electron chi connectivity index (χ4n) is 6.37. The summed E-state index contributed by atoms with van der Waals surface area (Å²) in [5, 5.41) is 13.8. The molecule has 0 aromatic heterocycles. The summed E-state index contributed by atoms with van der Waals surface area (Å²) in [7, 11) is 0.